The van der Waals surface area contributed by atoms with Crippen LogP contribution in [0.5, 0.6) is 5.75 Å². The predicted octanol–water partition coefficient (Wildman–Crippen LogP) is 4.50. The van der Waals surface area contributed by atoms with Crippen LogP contribution in [-0.4, -0.2) is 38.7 Å². The van der Waals surface area contributed by atoms with Crippen molar-refractivity contribution < 1.29 is 19.1 Å². The van der Waals surface area contributed by atoms with Crippen molar-refractivity contribution in [3.8, 4) is 5.75 Å². The van der Waals surface area contributed by atoms with E-state index in [-0.39, 0.29) is 11.8 Å². The molecule has 2 N–H and O–H groups in total. The van der Waals surface area contributed by atoms with Crippen LogP contribution in [0.4, 0.5) is 5.69 Å². The molecular weight excluding hydrogens is 436 g/mol. The van der Waals surface area contributed by atoms with E-state index in [4.69, 9.17) is 9.47 Å². The molecule has 0 aliphatic rings. The van der Waals surface area contributed by atoms with E-state index in [9.17, 15) is 9.59 Å². The van der Waals surface area contributed by atoms with Crippen molar-refractivity contribution in [2.24, 2.45) is 5.92 Å². The Kier molecular flexibility index (Phi) is 9.15. The van der Waals surface area contributed by atoms with Gasteiger partial charge in [-0.2, -0.15) is 0 Å². The summed E-state index contributed by atoms with van der Waals surface area (Å²) in [5.41, 5.74) is 1.66. The van der Waals surface area contributed by atoms with Gasteiger partial charge in [-0.05, 0) is 70.7 Å². The molecule has 0 saturated carbocycles. The van der Waals surface area contributed by atoms with Crippen LogP contribution in [0.2, 0.25) is 0 Å². The summed E-state index contributed by atoms with van der Waals surface area (Å²) < 4.78 is 11.4. The second-order valence-corrected chi connectivity index (χ2v) is 7.84. The number of rotatable bonds is 10. The molecule has 0 spiro atoms. The Morgan fingerprint density at radius 1 is 1.03 bits per heavy atom. The summed E-state index contributed by atoms with van der Waals surface area (Å²) in [6, 6.07) is 12.0. The van der Waals surface area contributed by atoms with E-state index in [0.29, 0.717) is 48.2 Å². The number of carbonyl (C=O) groups is 2. The number of carbonyl (C=O) groups excluding carboxylic acids is 2. The van der Waals surface area contributed by atoms with Crippen molar-refractivity contribution in [1.82, 2.24) is 5.32 Å². The number of hydrogen-bond acceptors (Lipinski definition) is 4. The van der Waals surface area contributed by atoms with Crippen LogP contribution in [0.15, 0.2) is 46.9 Å². The van der Waals surface area contributed by atoms with Crippen LogP contribution in [-0.2, 0) is 4.74 Å². The largest absolute Gasteiger partial charge is 0.492 e. The third kappa shape index (κ3) is 7.51. The molecule has 0 saturated heterocycles. The van der Waals surface area contributed by atoms with E-state index in [1.54, 1.807) is 49.6 Å². The molecule has 2 rings (SSSR count). The predicted molar refractivity (Wildman–Crippen MR) is 118 cm³/mol. The van der Waals surface area contributed by atoms with Crippen molar-refractivity contribution in [3.05, 3.63) is 58.1 Å². The third-order valence-electron chi connectivity index (χ3n) is 3.98. The number of anilines is 1. The number of halogens is 1. The molecule has 6 nitrogen and oxygen atoms in total. The first-order valence-electron chi connectivity index (χ1n) is 9.51. The van der Waals surface area contributed by atoms with E-state index in [0.717, 1.165) is 10.9 Å². The number of ether oxygens (including phenoxy) is 2. The quantitative estimate of drug-likeness (QED) is 0.509. The Morgan fingerprint density at radius 2 is 1.72 bits per heavy atom. The normalized spacial score (nSPS) is 10.7. The fraction of sp³-hybridized carbons (Fsp3) is 0.364. The van der Waals surface area contributed by atoms with Crippen molar-refractivity contribution in [2.45, 2.75) is 20.3 Å². The average Bonchev–Trinajstić information content (AvgIpc) is 2.70. The van der Waals surface area contributed by atoms with Crippen LogP contribution < -0.4 is 15.4 Å². The SMILES string of the molecule is COCCCNC(=O)c1ccc(NC(=O)c2ccc(OCC(C)C)c(Br)c2)cc1. The summed E-state index contributed by atoms with van der Waals surface area (Å²) in [5, 5.41) is 5.66. The minimum absolute atomic E-state index is 0.153. The summed E-state index contributed by atoms with van der Waals surface area (Å²) in [7, 11) is 1.63. The molecule has 0 unspecified atom stereocenters. The highest BCUT2D eigenvalue weighted by atomic mass is 79.9. The van der Waals surface area contributed by atoms with Gasteiger partial charge in [0.1, 0.15) is 5.75 Å². The number of hydrogen-bond donors (Lipinski definition) is 2. The number of benzene rings is 2. The summed E-state index contributed by atoms with van der Waals surface area (Å²) in [6.45, 7) is 5.91. The molecule has 156 valence electrons. The van der Waals surface area contributed by atoms with Crippen LogP contribution >= 0.6 is 15.9 Å². The van der Waals surface area contributed by atoms with E-state index in [1.165, 1.54) is 0 Å². The first-order valence-corrected chi connectivity index (χ1v) is 10.3. The summed E-state index contributed by atoms with van der Waals surface area (Å²) in [6.07, 6.45) is 0.757. The van der Waals surface area contributed by atoms with Gasteiger partial charge in [0.25, 0.3) is 11.8 Å². The maximum atomic E-state index is 12.5. The van der Waals surface area contributed by atoms with Gasteiger partial charge in [0.15, 0.2) is 0 Å². The lowest BCUT2D eigenvalue weighted by Gasteiger charge is -2.12. The van der Waals surface area contributed by atoms with Crippen molar-refractivity contribution >= 4 is 33.4 Å². The fourth-order valence-corrected chi connectivity index (χ4v) is 2.94. The van der Waals surface area contributed by atoms with Gasteiger partial charge in [-0.15, -0.1) is 0 Å². The Balaban J connectivity index is 1.93. The highest BCUT2D eigenvalue weighted by Crippen LogP contribution is 2.27. The molecule has 0 atom stereocenters. The fourth-order valence-electron chi connectivity index (χ4n) is 2.44. The third-order valence-corrected chi connectivity index (χ3v) is 4.60. The molecule has 0 bridgehead atoms. The first kappa shape index (κ1) is 22.9. The van der Waals surface area contributed by atoms with Crippen LogP contribution in [0.1, 0.15) is 41.0 Å². The average molecular weight is 463 g/mol. The van der Waals surface area contributed by atoms with Gasteiger partial charge in [-0.1, -0.05) is 13.8 Å². The monoisotopic (exact) mass is 462 g/mol. The Labute approximate surface area is 180 Å². The molecule has 0 aromatic heterocycles. The van der Waals surface area contributed by atoms with Gasteiger partial charge >= 0.3 is 0 Å². The molecule has 2 amide bonds. The molecule has 0 aliphatic heterocycles. The lowest BCUT2D eigenvalue weighted by Crippen LogP contribution is -2.25. The van der Waals surface area contributed by atoms with E-state index >= 15 is 0 Å². The summed E-state index contributed by atoms with van der Waals surface area (Å²) in [4.78, 5) is 24.6. The van der Waals surface area contributed by atoms with Crippen LogP contribution in [0.3, 0.4) is 0 Å². The zero-order chi connectivity index (χ0) is 21.2. The van der Waals surface area contributed by atoms with Gasteiger partial charge < -0.3 is 20.1 Å². The molecule has 7 heteroatoms. The Hall–Kier alpha value is -2.38. The smallest absolute Gasteiger partial charge is 0.255 e. The van der Waals surface area contributed by atoms with Gasteiger partial charge in [-0.3, -0.25) is 9.59 Å². The van der Waals surface area contributed by atoms with Crippen molar-refractivity contribution in [2.75, 3.05) is 32.2 Å². The zero-order valence-electron chi connectivity index (χ0n) is 17.0. The van der Waals surface area contributed by atoms with Gasteiger partial charge in [-0.25, -0.2) is 0 Å². The molecule has 2 aromatic rings. The Morgan fingerprint density at radius 3 is 2.34 bits per heavy atom. The second kappa shape index (κ2) is 11.6. The lowest BCUT2D eigenvalue weighted by atomic mass is 10.1. The minimum atomic E-state index is -0.238. The van der Waals surface area contributed by atoms with Crippen LogP contribution in [0.25, 0.3) is 0 Å². The van der Waals surface area contributed by atoms with E-state index < -0.39 is 0 Å². The Bertz CT molecular complexity index is 822. The molecule has 29 heavy (non-hydrogen) atoms. The second-order valence-electron chi connectivity index (χ2n) is 6.98. The molecule has 0 heterocycles. The van der Waals surface area contributed by atoms with Gasteiger partial charge in [0.05, 0.1) is 11.1 Å². The van der Waals surface area contributed by atoms with Crippen molar-refractivity contribution in [3.63, 3.8) is 0 Å². The minimum Gasteiger partial charge on any atom is -0.492 e. The summed E-state index contributed by atoms with van der Waals surface area (Å²) in [5.74, 6) is 0.731. The summed E-state index contributed by atoms with van der Waals surface area (Å²) >= 11 is 3.45. The topological polar surface area (TPSA) is 76.7 Å². The molecule has 2 aromatic carbocycles. The molecular formula is C22H27BrN2O4. The highest BCUT2D eigenvalue weighted by Gasteiger charge is 2.11. The molecule has 0 radical (unpaired) electrons. The maximum absolute atomic E-state index is 12.5. The zero-order valence-corrected chi connectivity index (χ0v) is 18.5. The van der Waals surface area contributed by atoms with Gasteiger partial charge in [0.2, 0.25) is 0 Å². The number of methoxy groups -OCH3 is 1. The lowest BCUT2D eigenvalue weighted by molar-refractivity contribution is 0.0948. The van der Waals surface area contributed by atoms with E-state index in [2.05, 4.69) is 40.4 Å². The number of amides is 2. The van der Waals surface area contributed by atoms with Crippen molar-refractivity contribution in [1.29, 1.82) is 0 Å². The number of nitrogens with one attached hydrogen (secondary N) is 2. The molecule has 0 aliphatic carbocycles. The maximum Gasteiger partial charge on any atom is 0.255 e. The van der Waals surface area contributed by atoms with Crippen LogP contribution in [0, 0.1) is 5.92 Å². The highest BCUT2D eigenvalue weighted by molar-refractivity contribution is 9.10. The first-order chi connectivity index (χ1) is 13.9. The van der Waals surface area contributed by atoms with E-state index in [1.807, 2.05) is 0 Å². The standard InChI is InChI=1S/C22H27BrN2O4/c1-15(2)14-29-20-10-7-17(13-19(20)23)22(27)25-18-8-5-16(6-9-18)21(26)24-11-4-12-28-3/h5-10,13,15H,4,11-12,14H2,1-3H3,(H,24,26)(H,25,27). The van der Waals surface area contributed by atoms with Gasteiger partial charge in [0, 0.05) is 37.1 Å². The molecule has 0 fully saturated rings.